The van der Waals surface area contributed by atoms with Crippen LogP contribution in [-0.4, -0.2) is 22.2 Å². The van der Waals surface area contributed by atoms with E-state index in [0.29, 0.717) is 16.5 Å². The second-order valence-electron chi connectivity index (χ2n) is 5.84. The predicted octanol–water partition coefficient (Wildman–Crippen LogP) is 3.23. The van der Waals surface area contributed by atoms with Crippen LogP contribution in [0.3, 0.4) is 0 Å². The fourth-order valence-corrected chi connectivity index (χ4v) is 2.62. The number of amides is 2. The molecule has 3 N–H and O–H groups in total. The Hall–Kier alpha value is -3.39. The van der Waals surface area contributed by atoms with Crippen LogP contribution in [0.15, 0.2) is 59.0 Å². The van der Waals surface area contributed by atoms with E-state index >= 15 is 0 Å². The van der Waals surface area contributed by atoms with Gasteiger partial charge in [-0.1, -0.05) is 41.9 Å². The van der Waals surface area contributed by atoms with Crippen molar-refractivity contribution >= 4 is 23.6 Å². The van der Waals surface area contributed by atoms with Crippen molar-refractivity contribution in [2.24, 2.45) is 5.73 Å². The number of nitrogens with two attached hydrogens (primary N) is 1. The Labute approximate surface area is 165 Å². The van der Waals surface area contributed by atoms with E-state index in [1.807, 2.05) is 30.3 Å². The zero-order chi connectivity index (χ0) is 19.9. The van der Waals surface area contributed by atoms with Crippen molar-refractivity contribution in [2.45, 2.75) is 19.1 Å². The van der Waals surface area contributed by atoms with Crippen LogP contribution in [0.2, 0.25) is 5.02 Å². The second-order valence-corrected chi connectivity index (χ2v) is 6.28. The molecule has 9 heteroatoms. The second kappa shape index (κ2) is 9.01. The lowest BCUT2D eigenvalue weighted by atomic mass is 10.0. The van der Waals surface area contributed by atoms with Crippen molar-refractivity contribution in [1.29, 1.82) is 0 Å². The Bertz CT molecular complexity index is 944. The van der Waals surface area contributed by atoms with Crippen molar-refractivity contribution in [3.05, 3.63) is 71.1 Å². The number of ether oxygens (including phenoxy) is 1. The maximum absolute atomic E-state index is 12.2. The minimum atomic E-state index is -0.753. The van der Waals surface area contributed by atoms with Crippen LogP contribution >= 0.6 is 11.6 Å². The predicted molar refractivity (Wildman–Crippen MR) is 101 cm³/mol. The van der Waals surface area contributed by atoms with Gasteiger partial charge in [-0.2, -0.15) is 0 Å². The first-order valence-corrected chi connectivity index (χ1v) is 8.74. The summed E-state index contributed by atoms with van der Waals surface area (Å²) >= 11 is 5.86. The van der Waals surface area contributed by atoms with Gasteiger partial charge in [0.05, 0.1) is 12.5 Å². The third-order valence-electron chi connectivity index (χ3n) is 3.80. The molecule has 0 aliphatic carbocycles. The molecule has 1 aromatic heterocycles. The van der Waals surface area contributed by atoms with E-state index in [0.717, 1.165) is 5.56 Å². The van der Waals surface area contributed by atoms with Gasteiger partial charge >= 0.3 is 12.0 Å². The fraction of sp³-hybridized carbons (Fsp3) is 0.158. The van der Waals surface area contributed by atoms with Gasteiger partial charge in [0.15, 0.2) is 6.61 Å². The minimum Gasteiger partial charge on any atom is -0.456 e. The summed E-state index contributed by atoms with van der Waals surface area (Å²) < 4.78 is 10.7. The first-order chi connectivity index (χ1) is 13.5. The first-order valence-electron chi connectivity index (χ1n) is 8.36. The summed E-state index contributed by atoms with van der Waals surface area (Å²) in [4.78, 5) is 23.4. The number of carbonyl (C=O) groups is 2. The van der Waals surface area contributed by atoms with Gasteiger partial charge in [-0.3, -0.25) is 4.79 Å². The number of esters is 1. The number of nitrogens with one attached hydrogen (secondary N) is 1. The summed E-state index contributed by atoms with van der Waals surface area (Å²) in [5, 5.41) is 10.8. The molecule has 0 bridgehead atoms. The van der Waals surface area contributed by atoms with Crippen LogP contribution in [0.1, 0.15) is 23.9 Å². The Morgan fingerprint density at radius 1 is 1.11 bits per heavy atom. The Morgan fingerprint density at radius 3 is 2.50 bits per heavy atom. The van der Waals surface area contributed by atoms with Crippen LogP contribution in [-0.2, 0) is 16.1 Å². The molecule has 1 atom stereocenters. The van der Waals surface area contributed by atoms with E-state index < -0.39 is 18.0 Å². The minimum absolute atomic E-state index is 0.121. The van der Waals surface area contributed by atoms with Crippen molar-refractivity contribution in [1.82, 2.24) is 15.5 Å². The molecular formula is C19H17ClN4O4. The summed E-state index contributed by atoms with van der Waals surface area (Å²) in [7, 11) is 0. The highest BCUT2D eigenvalue weighted by molar-refractivity contribution is 6.30. The lowest BCUT2D eigenvalue weighted by molar-refractivity contribution is -0.146. The number of primary amides is 1. The molecule has 0 fully saturated rings. The van der Waals surface area contributed by atoms with Gasteiger partial charge in [0.1, 0.15) is 0 Å². The molecule has 0 aliphatic heterocycles. The largest absolute Gasteiger partial charge is 0.456 e. The number of hydrogen-bond donors (Lipinski definition) is 2. The third kappa shape index (κ3) is 5.31. The molecule has 2 aromatic carbocycles. The third-order valence-corrected chi connectivity index (χ3v) is 4.06. The average Bonchev–Trinajstić information content (AvgIpc) is 3.16. The summed E-state index contributed by atoms with van der Waals surface area (Å²) in [5.74, 6) is -0.0626. The van der Waals surface area contributed by atoms with E-state index in [9.17, 15) is 9.59 Å². The van der Waals surface area contributed by atoms with Crippen molar-refractivity contribution in [2.75, 3.05) is 0 Å². The maximum Gasteiger partial charge on any atom is 0.312 e. The van der Waals surface area contributed by atoms with Gasteiger partial charge in [0.2, 0.25) is 5.89 Å². The van der Waals surface area contributed by atoms with Gasteiger partial charge in [0.25, 0.3) is 5.89 Å². The standard InChI is InChI=1S/C19H17ClN4O4/c20-14-8-6-12(7-9-14)15(22-19(21)26)10-17(25)27-11-16-23-24-18(28-16)13-4-2-1-3-5-13/h1-9,15H,10-11H2,(H3,21,22,26)/t15-/m1/s1. The average molecular weight is 401 g/mol. The Balaban J connectivity index is 1.59. The Kier molecular flexibility index (Phi) is 6.23. The highest BCUT2D eigenvalue weighted by Crippen LogP contribution is 2.21. The molecule has 0 spiro atoms. The zero-order valence-electron chi connectivity index (χ0n) is 14.7. The highest BCUT2D eigenvalue weighted by atomic mass is 35.5. The van der Waals surface area contributed by atoms with Gasteiger partial charge in [-0.15, -0.1) is 10.2 Å². The molecule has 0 saturated carbocycles. The van der Waals surface area contributed by atoms with Crippen molar-refractivity contribution in [3.8, 4) is 11.5 Å². The van der Waals surface area contributed by atoms with Gasteiger partial charge in [0, 0.05) is 10.6 Å². The molecule has 3 rings (SSSR count). The topological polar surface area (TPSA) is 120 Å². The Morgan fingerprint density at radius 2 is 1.82 bits per heavy atom. The van der Waals surface area contributed by atoms with E-state index in [-0.39, 0.29) is 18.9 Å². The molecular weight excluding hydrogens is 384 g/mol. The van der Waals surface area contributed by atoms with E-state index in [1.54, 1.807) is 24.3 Å². The number of rotatable bonds is 7. The molecule has 0 saturated heterocycles. The van der Waals surface area contributed by atoms with Gasteiger partial charge in [-0.05, 0) is 29.8 Å². The van der Waals surface area contributed by atoms with Gasteiger partial charge in [-0.25, -0.2) is 4.79 Å². The summed E-state index contributed by atoms with van der Waals surface area (Å²) in [6.45, 7) is -0.178. The van der Waals surface area contributed by atoms with E-state index in [2.05, 4.69) is 15.5 Å². The number of urea groups is 1. The van der Waals surface area contributed by atoms with Crippen LogP contribution in [0.4, 0.5) is 4.79 Å². The molecule has 0 radical (unpaired) electrons. The molecule has 2 amide bonds. The van der Waals surface area contributed by atoms with Crippen LogP contribution in [0.25, 0.3) is 11.5 Å². The normalized spacial score (nSPS) is 11.6. The molecule has 0 aliphatic rings. The number of hydrogen-bond acceptors (Lipinski definition) is 6. The number of nitrogens with zero attached hydrogens (tertiary/aromatic N) is 2. The molecule has 144 valence electrons. The number of aromatic nitrogens is 2. The van der Waals surface area contributed by atoms with Crippen LogP contribution in [0.5, 0.6) is 0 Å². The van der Waals surface area contributed by atoms with Crippen molar-refractivity contribution < 1.29 is 18.7 Å². The molecule has 8 nitrogen and oxygen atoms in total. The number of benzene rings is 2. The highest BCUT2D eigenvalue weighted by Gasteiger charge is 2.19. The summed E-state index contributed by atoms with van der Waals surface area (Å²) in [6.07, 6.45) is -0.121. The fourth-order valence-electron chi connectivity index (χ4n) is 2.50. The van der Waals surface area contributed by atoms with Gasteiger partial charge < -0.3 is 20.2 Å². The van der Waals surface area contributed by atoms with Crippen LogP contribution in [0, 0.1) is 0 Å². The zero-order valence-corrected chi connectivity index (χ0v) is 15.4. The van der Waals surface area contributed by atoms with Crippen molar-refractivity contribution in [3.63, 3.8) is 0 Å². The maximum atomic E-state index is 12.2. The molecule has 28 heavy (non-hydrogen) atoms. The smallest absolute Gasteiger partial charge is 0.312 e. The summed E-state index contributed by atoms with van der Waals surface area (Å²) in [5.41, 5.74) is 6.63. The quantitative estimate of drug-likeness (QED) is 0.587. The lowest BCUT2D eigenvalue weighted by Crippen LogP contribution is -2.34. The van der Waals surface area contributed by atoms with Crippen LogP contribution < -0.4 is 11.1 Å². The van der Waals surface area contributed by atoms with E-state index in [1.165, 1.54) is 0 Å². The number of carbonyl (C=O) groups excluding carboxylic acids is 2. The summed E-state index contributed by atoms with van der Waals surface area (Å²) in [6, 6.07) is 14.5. The molecule has 3 aromatic rings. The van der Waals surface area contributed by atoms with E-state index in [4.69, 9.17) is 26.5 Å². The lowest BCUT2D eigenvalue weighted by Gasteiger charge is -2.17. The molecule has 0 unspecified atom stereocenters. The first kappa shape index (κ1) is 19.4. The number of halogens is 1. The SMILES string of the molecule is NC(=O)N[C@H](CC(=O)OCc1nnc(-c2ccccc2)o1)c1ccc(Cl)cc1. The monoisotopic (exact) mass is 400 g/mol. The molecule has 1 heterocycles.